The molecule has 6 nitrogen and oxygen atoms in total. The minimum absolute atomic E-state index is 0.0536. The SMILES string of the molecule is CC(=O)[C@@H]1CC[C@@H]2[C@H]3CCC4=CC(=O)CC[C@]4(COC(=O)CCC(=O)O)[C@@H]3CC[C@@]21C. The fourth-order valence-electron chi connectivity index (χ4n) is 7.79. The Labute approximate surface area is 183 Å². The van der Waals surface area contributed by atoms with Gasteiger partial charge in [0, 0.05) is 17.8 Å². The topological polar surface area (TPSA) is 97.7 Å². The highest BCUT2D eigenvalue weighted by molar-refractivity contribution is 5.91. The molecule has 0 bridgehead atoms. The highest BCUT2D eigenvalue weighted by atomic mass is 16.5. The van der Waals surface area contributed by atoms with Crippen LogP contribution in [0.4, 0.5) is 0 Å². The van der Waals surface area contributed by atoms with Gasteiger partial charge >= 0.3 is 11.9 Å². The second kappa shape index (κ2) is 8.18. The average molecular weight is 431 g/mol. The zero-order valence-corrected chi connectivity index (χ0v) is 18.7. The first-order chi connectivity index (χ1) is 14.7. The number of esters is 1. The molecule has 4 aliphatic rings. The number of aliphatic carboxylic acids is 1. The summed E-state index contributed by atoms with van der Waals surface area (Å²) in [6.45, 7) is 4.28. The largest absolute Gasteiger partial charge is 0.481 e. The van der Waals surface area contributed by atoms with Crippen LogP contribution in [0.3, 0.4) is 0 Å². The Morgan fingerprint density at radius 3 is 2.55 bits per heavy atom. The molecule has 0 aromatic heterocycles. The molecule has 0 saturated heterocycles. The molecular weight excluding hydrogens is 396 g/mol. The van der Waals surface area contributed by atoms with E-state index in [1.54, 1.807) is 13.0 Å². The van der Waals surface area contributed by atoms with Crippen molar-refractivity contribution in [2.45, 2.75) is 78.1 Å². The molecule has 31 heavy (non-hydrogen) atoms. The summed E-state index contributed by atoms with van der Waals surface area (Å²) in [6.07, 6.45) is 8.52. The van der Waals surface area contributed by atoms with Crippen molar-refractivity contribution in [2.24, 2.45) is 34.5 Å². The van der Waals surface area contributed by atoms with Crippen molar-refractivity contribution < 1.29 is 29.0 Å². The number of fused-ring (bicyclic) bond motifs is 5. The Hall–Kier alpha value is -1.98. The Morgan fingerprint density at radius 2 is 1.84 bits per heavy atom. The molecular formula is C25H34O6. The van der Waals surface area contributed by atoms with Crippen LogP contribution >= 0.6 is 0 Å². The highest BCUT2D eigenvalue weighted by Crippen LogP contribution is 2.66. The molecule has 0 radical (unpaired) electrons. The summed E-state index contributed by atoms with van der Waals surface area (Å²) in [7, 11) is 0. The number of hydrogen-bond acceptors (Lipinski definition) is 5. The maximum Gasteiger partial charge on any atom is 0.306 e. The maximum atomic E-state index is 12.3. The summed E-state index contributed by atoms with van der Waals surface area (Å²) < 4.78 is 5.66. The smallest absolute Gasteiger partial charge is 0.306 e. The first-order valence-corrected chi connectivity index (χ1v) is 11.8. The molecule has 0 heterocycles. The van der Waals surface area contributed by atoms with Crippen LogP contribution in [-0.4, -0.2) is 35.2 Å². The predicted molar refractivity (Wildman–Crippen MR) is 113 cm³/mol. The summed E-state index contributed by atoms with van der Waals surface area (Å²) in [6, 6.07) is 0. The van der Waals surface area contributed by atoms with Crippen molar-refractivity contribution >= 4 is 23.5 Å². The van der Waals surface area contributed by atoms with E-state index in [1.807, 2.05) is 0 Å². The zero-order valence-electron chi connectivity index (χ0n) is 18.7. The molecule has 0 aromatic carbocycles. The van der Waals surface area contributed by atoms with E-state index in [0.717, 1.165) is 44.1 Å². The van der Waals surface area contributed by atoms with Gasteiger partial charge in [0.1, 0.15) is 12.4 Å². The third-order valence-corrected chi connectivity index (χ3v) is 9.21. The number of carboxylic acid groups (broad SMARTS) is 1. The molecule has 0 aromatic rings. The quantitative estimate of drug-likeness (QED) is 0.637. The summed E-state index contributed by atoms with van der Waals surface area (Å²) >= 11 is 0. The van der Waals surface area contributed by atoms with E-state index in [0.29, 0.717) is 36.4 Å². The van der Waals surface area contributed by atoms with E-state index in [1.165, 1.54) is 0 Å². The Balaban J connectivity index is 1.59. The van der Waals surface area contributed by atoms with E-state index < -0.39 is 11.9 Å². The molecule has 4 aliphatic carbocycles. The van der Waals surface area contributed by atoms with Crippen LogP contribution in [0, 0.1) is 34.5 Å². The van der Waals surface area contributed by atoms with E-state index >= 15 is 0 Å². The number of ether oxygens (including phenoxy) is 1. The van der Waals surface area contributed by atoms with Crippen molar-refractivity contribution in [1.82, 2.24) is 0 Å². The lowest BCUT2D eigenvalue weighted by molar-refractivity contribution is -0.155. The number of ketones is 2. The normalized spacial score (nSPS) is 39.0. The second-order valence-corrected chi connectivity index (χ2v) is 10.5. The van der Waals surface area contributed by atoms with Gasteiger partial charge in [-0.2, -0.15) is 0 Å². The van der Waals surface area contributed by atoms with Gasteiger partial charge in [0.05, 0.1) is 12.8 Å². The highest BCUT2D eigenvalue weighted by Gasteiger charge is 2.61. The first-order valence-electron chi connectivity index (χ1n) is 11.8. The van der Waals surface area contributed by atoms with Gasteiger partial charge < -0.3 is 9.84 Å². The van der Waals surface area contributed by atoms with Crippen molar-refractivity contribution in [2.75, 3.05) is 6.61 Å². The van der Waals surface area contributed by atoms with Crippen LogP contribution in [0.25, 0.3) is 0 Å². The van der Waals surface area contributed by atoms with E-state index in [9.17, 15) is 19.2 Å². The maximum absolute atomic E-state index is 12.3. The standard InChI is InChI=1S/C25H34O6/c1-15(26)19-5-6-20-18-4-3-16-13-17(27)9-12-25(16,21(18)10-11-24(19,20)2)14-31-23(30)8-7-22(28)29/h13,18-21H,3-12,14H2,1-2H3,(H,28,29)/t18-,19+,20-,21-,24-,25-/m1/s1. The molecule has 0 aliphatic heterocycles. The fraction of sp³-hybridized carbons (Fsp3) is 0.760. The monoisotopic (exact) mass is 430 g/mol. The predicted octanol–water partition coefficient (Wildman–Crippen LogP) is 4.11. The molecule has 3 saturated carbocycles. The van der Waals surface area contributed by atoms with Crippen LogP contribution in [0.1, 0.15) is 78.1 Å². The van der Waals surface area contributed by atoms with Crippen LogP contribution in [0.5, 0.6) is 0 Å². The van der Waals surface area contributed by atoms with Gasteiger partial charge in [0.15, 0.2) is 5.78 Å². The molecule has 4 rings (SSSR count). The van der Waals surface area contributed by atoms with Gasteiger partial charge in [-0.05, 0) is 81.1 Å². The molecule has 6 atom stereocenters. The number of rotatable bonds is 6. The summed E-state index contributed by atoms with van der Waals surface area (Å²) in [5, 5.41) is 8.84. The zero-order chi connectivity index (χ0) is 22.4. The van der Waals surface area contributed by atoms with Gasteiger partial charge in [-0.1, -0.05) is 12.5 Å². The summed E-state index contributed by atoms with van der Waals surface area (Å²) in [4.78, 5) is 47.6. The molecule has 170 valence electrons. The molecule has 6 heteroatoms. The third kappa shape index (κ3) is 3.76. The van der Waals surface area contributed by atoms with Crippen LogP contribution < -0.4 is 0 Å². The van der Waals surface area contributed by atoms with Crippen molar-refractivity contribution in [3.05, 3.63) is 11.6 Å². The fourth-order valence-corrected chi connectivity index (χ4v) is 7.79. The van der Waals surface area contributed by atoms with Crippen LogP contribution in [0.2, 0.25) is 0 Å². The molecule has 0 amide bonds. The molecule has 3 fully saturated rings. The third-order valence-electron chi connectivity index (χ3n) is 9.21. The molecule has 0 spiro atoms. The van der Waals surface area contributed by atoms with Gasteiger partial charge in [-0.15, -0.1) is 0 Å². The van der Waals surface area contributed by atoms with Gasteiger partial charge in [0.2, 0.25) is 0 Å². The number of carbonyl (C=O) groups is 4. The van der Waals surface area contributed by atoms with E-state index in [-0.39, 0.29) is 42.0 Å². The lowest BCUT2D eigenvalue weighted by Crippen LogP contribution is -2.53. The minimum Gasteiger partial charge on any atom is -0.481 e. The Kier molecular flexibility index (Phi) is 5.86. The average Bonchev–Trinajstić information content (AvgIpc) is 3.08. The van der Waals surface area contributed by atoms with E-state index in [4.69, 9.17) is 9.84 Å². The van der Waals surface area contributed by atoms with Crippen LogP contribution in [0.15, 0.2) is 11.6 Å². The number of carboxylic acids is 1. The van der Waals surface area contributed by atoms with Crippen molar-refractivity contribution in [3.8, 4) is 0 Å². The van der Waals surface area contributed by atoms with Crippen molar-refractivity contribution in [1.29, 1.82) is 0 Å². The Bertz CT molecular complexity index is 828. The number of carbonyl (C=O) groups excluding carboxylic acids is 3. The number of hydrogen-bond donors (Lipinski definition) is 1. The van der Waals surface area contributed by atoms with E-state index in [2.05, 4.69) is 6.92 Å². The van der Waals surface area contributed by atoms with Crippen LogP contribution in [-0.2, 0) is 23.9 Å². The molecule has 0 unspecified atom stereocenters. The lowest BCUT2D eigenvalue weighted by atomic mass is 9.46. The second-order valence-electron chi connectivity index (χ2n) is 10.5. The minimum atomic E-state index is -1.01. The Morgan fingerprint density at radius 1 is 1.06 bits per heavy atom. The van der Waals surface area contributed by atoms with Gasteiger partial charge in [-0.3, -0.25) is 19.2 Å². The lowest BCUT2D eigenvalue weighted by Gasteiger charge is -2.58. The first kappa shape index (κ1) is 22.2. The summed E-state index contributed by atoms with van der Waals surface area (Å²) in [5.74, 6) is 0.442. The van der Waals surface area contributed by atoms with Gasteiger partial charge in [-0.25, -0.2) is 0 Å². The van der Waals surface area contributed by atoms with Gasteiger partial charge in [0.25, 0.3) is 0 Å². The number of Topliss-reactive ketones (excluding diaryl/α,β-unsaturated/α-hetero) is 1. The summed E-state index contributed by atoms with van der Waals surface area (Å²) in [5.41, 5.74) is 0.865. The van der Waals surface area contributed by atoms with Crippen molar-refractivity contribution in [3.63, 3.8) is 0 Å². The molecule has 1 N–H and O–H groups in total.